The van der Waals surface area contributed by atoms with Crippen molar-refractivity contribution < 1.29 is 14.3 Å². The van der Waals surface area contributed by atoms with Crippen molar-refractivity contribution in [3.05, 3.63) is 73.3 Å². The van der Waals surface area contributed by atoms with Gasteiger partial charge in [0.25, 0.3) is 5.56 Å². The van der Waals surface area contributed by atoms with Crippen LogP contribution in [0, 0.1) is 6.92 Å². The summed E-state index contributed by atoms with van der Waals surface area (Å²) in [7, 11) is 2.86. The maximum Gasteiger partial charge on any atom is 0.340 e. The molecule has 8 nitrogen and oxygen atoms in total. The summed E-state index contributed by atoms with van der Waals surface area (Å²) >= 11 is 0. The Kier molecular flexibility index (Phi) is 4.65. The number of hydrogen-bond donors (Lipinski definition) is 1. The van der Waals surface area contributed by atoms with E-state index in [1.165, 1.54) is 18.7 Å². The van der Waals surface area contributed by atoms with Gasteiger partial charge in [-0.15, -0.1) is 0 Å². The van der Waals surface area contributed by atoms with E-state index in [4.69, 9.17) is 15.2 Å². The Morgan fingerprint density at radius 1 is 1.22 bits per heavy atom. The topological polar surface area (TPSA) is 106 Å². The number of nitrogens with zero attached hydrogens (tertiary/aromatic N) is 2. The highest BCUT2D eigenvalue weighted by Crippen LogP contribution is 2.41. The first-order chi connectivity index (χ1) is 12.8. The maximum absolute atomic E-state index is 13.0. The molecule has 1 aliphatic rings. The molecule has 0 amide bonds. The van der Waals surface area contributed by atoms with Crippen LogP contribution in [0.4, 0.5) is 0 Å². The molecule has 8 heteroatoms. The first kappa shape index (κ1) is 18.5. The molecule has 27 heavy (non-hydrogen) atoms. The molecule has 0 aliphatic carbocycles. The summed E-state index contributed by atoms with van der Waals surface area (Å²) in [5.41, 5.74) is 6.75. The van der Waals surface area contributed by atoms with Crippen LogP contribution < -0.4 is 21.7 Å². The Morgan fingerprint density at radius 2 is 1.89 bits per heavy atom. The van der Waals surface area contributed by atoms with Gasteiger partial charge < -0.3 is 15.2 Å². The third-order valence-corrected chi connectivity index (χ3v) is 4.69. The van der Waals surface area contributed by atoms with E-state index in [0.717, 1.165) is 10.1 Å². The summed E-state index contributed by atoms with van der Waals surface area (Å²) in [5, 5.41) is 0. The number of aromatic nitrogens is 2. The van der Waals surface area contributed by atoms with Gasteiger partial charge in [-0.1, -0.05) is 24.3 Å². The molecule has 1 atom stereocenters. The molecule has 2 N–H and O–H groups in total. The first-order valence-corrected chi connectivity index (χ1v) is 8.49. The smallest absolute Gasteiger partial charge is 0.340 e. The number of benzene rings is 1. The van der Waals surface area contributed by atoms with Crippen LogP contribution in [0.2, 0.25) is 0 Å². The van der Waals surface area contributed by atoms with E-state index in [9.17, 15) is 14.4 Å². The van der Waals surface area contributed by atoms with E-state index in [1.54, 1.807) is 6.92 Å². The van der Waals surface area contributed by atoms with E-state index < -0.39 is 23.1 Å². The number of ether oxygens (including phenoxy) is 2. The molecule has 1 aromatic carbocycles. The number of fused-ring (bicyclic) bond motifs is 1. The fourth-order valence-corrected chi connectivity index (χ4v) is 3.32. The predicted molar refractivity (Wildman–Crippen MR) is 98.4 cm³/mol. The number of rotatable bonds is 3. The zero-order valence-electron chi connectivity index (χ0n) is 15.6. The monoisotopic (exact) mass is 371 g/mol. The van der Waals surface area contributed by atoms with Crippen molar-refractivity contribution in [1.82, 2.24) is 9.13 Å². The molecule has 1 aliphatic heterocycles. The number of aryl methyl sites for hydroxylation is 1. The van der Waals surface area contributed by atoms with Crippen molar-refractivity contribution in [1.29, 1.82) is 0 Å². The average molecular weight is 371 g/mol. The predicted octanol–water partition coefficient (Wildman–Crippen LogP) is 0.650. The summed E-state index contributed by atoms with van der Waals surface area (Å²) in [4.78, 5) is 37.9. The number of hydrogen-bond acceptors (Lipinski definition) is 6. The maximum atomic E-state index is 13.0. The van der Waals surface area contributed by atoms with Crippen LogP contribution in [0.1, 0.15) is 29.5 Å². The highest BCUT2D eigenvalue weighted by molar-refractivity contribution is 5.92. The second-order valence-electron chi connectivity index (χ2n) is 6.31. The lowest BCUT2D eigenvalue weighted by atomic mass is 9.82. The second kappa shape index (κ2) is 6.79. The Bertz CT molecular complexity index is 1080. The molecule has 3 rings (SSSR count). The van der Waals surface area contributed by atoms with Gasteiger partial charge in [-0.3, -0.25) is 13.9 Å². The molecule has 0 radical (unpaired) electrons. The normalized spacial score (nSPS) is 15.9. The van der Waals surface area contributed by atoms with E-state index in [1.807, 2.05) is 31.2 Å². The summed E-state index contributed by atoms with van der Waals surface area (Å²) in [6.07, 6.45) is 0. The van der Waals surface area contributed by atoms with Crippen molar-refractivity contribution in [3.63, 3.8) is 0 Å². The lowest BCUT2D eigenvalue weighted by Crippen LogP contribution is -2.43. The van der Waals surface area contributed by atoms with Gasteiger partial charge >= 0.3 is 11.7 Å². The van der Waals surface area contributed by atoms with Crippen molar-refractivity contribution in [2.24, 2.45) is 19.8 Å². The van der Waals surface area contributed by atoms with E-state index >= 15 is 0 Å². The van der Waals surface area contributed by atoms with Gasteiger partial charge in [-0.2, -0.15) is 0 Å². The molecule has 142 valence electrons. The molecule has 2 aromatic rings. The van der Waals surface area contributed by atoms with Crippen LogP contribution in [0.5, 0.6) is 5.88 Å². The standard InChI is InChI=1S/C19H21N3O5/c1-5-26-18(24)13-12(11-9-7-6-8-10(11)2)14-16(23)21(3)19(25)22(4)17(14)27-15(13)20/h6-9,12H,5,20H2,1-4H3/t12-/m1/s1. The van der Waals surface area contributed by atoms with Crippen LogP contribution in [0.3, 0.4) is 0 Å². The molecule has 1 aromatic heterocycles. The van der Waals surface area contributed by atoms with E-state index in [2.05, 4.69) is 0 Å². The van der Waals surface area contributed by atoms with Gasteiger partial charge in [0.15, 0.2) is 0 Å². The average Bonchev–Trinajstić information content (AvgIpc) is 2.64. The number of nitrogens with two attached hydrogens (primary N) is 1. The van der Waals surface area contributed by atoms with Gasteiger partial charge in [0.05, 0.1) is 18.1 Å². The van der Waals surface area contributed by atoms with Gasteiger partial charge in [0.1, 0.15) is 5.57 Å². The fraction of sp³-hybridized carbons (Fsp3) is 0.316. The van der Waals surface area contributed by atoms with Gasteiger partial charge in [0, 0.05) is 14.1 Å². The molecule has 2 heterocycles. The third kappa shape index (κ3) is 2.83. The Labute approximate surface area is 155 Å². The minimum absolute atomic E-state index is 0.0295. The van der Waals surface area contributed by atoms with Gasteiger partial charge in [-0.05, 0) is 25.0 Å². The SMILES string of the molecule is CCOC(=O)C1=C(N)Oc2c(c(=O)n(C)c(=O)n2C)[C@@H]1c1ccccc1C. The zero-order valence-corrected chi connectivity index (χ0v) is 15.6. The summed E-state index contributed by atoms with van der Waals surface area (Å²) in [5.74, 6) is -1.62. The van der Waals surface area contributed by atoms with Crippen LogP contribution in [-0.4, -0.2) is 21.7 Å². The molecular formula is C19H21N3O5. The number of esters is 1. The minimum atomic E-state index is -0.806. The Balaban J connectivity index is 2.42. The van der Waals surface area contributed by atoms with Crippen molar-refractivity contribution in [3.8, 4) is 5.88 Å². The molecule has 0 saturated heterocycles. The minimum Gasteiger partial charge on any atom is -0.462 e. The number of carbonyl (C=O) groups excluding carboxylic acids is 1. The van der Waals surface area contributed by atoms with E-state index in [0.29, 0.717) is 5.56 Å². The Hall–Kier alpha value is -3.29. The van der Waals surface area contributed by atoms with Gasteiger partial charge in [-0.25, -0.2) is 9.59 Å². The molecule has 0 bridgehead atoms. The van der Waals surface area contributed by atoms with Crippen molar-refractivity contribution >= 4 is 5.97 Å². The summed E-state index contributed by atoms with van der Waals surface area (Å²) < 4.78 is 12.9. The van der Waals surface area contributed by atoms with Crippen molar-refractivity contribution in [2.45, 2.75) is 19.8 Å². The van der Waals surface area contributed by atoms with Crippen LogP contribution in [-0.2, 0) is 23.6 Å². The number of carbonyl (C=O) groups is 1. The largest absolute Gasteiger partial charge is 0.462 e. The van der Waals surface area contributed by atoms with Crippen LogP contribution >= 0.6 is 0 Å². The molecule has 0 fully saturated rings. The molecular weight excluding hydrogens is 350 g/mol. The van der Waals surface area contributed by atoms with Crippen LogP contribution in [0.15, 0.2) is 45.3 Å². The van der Waals surface area contributed by atoms with Crippen molar-refractivity contribution in [2.75, 3.05) is 6.61 Å². The van der Waals surface area contributed by atoms with Crippen LogP contribution in [0.25, 0.3) is 0 Å². The highest BCUT2D eigenvalue weighted by atomic mass is 16.5. The zero-order chi connectivity index (χ0) is 19.9. The second-order valence-corrected chi connectivity index (χ2v) is 6.31. The first-order valence-electron chi connectivity index (χ1n) is 8.49. The Morgan fingerprint density at radius 3 is 2.52 bits per heavy atom. The summed E-state index contributed by atoms with van der Waals surface area (Å²) in [6, 6.07) is 7.35. The molecule has 0 saturated carbocycles. The molecule has 0 unspecified atom stereocenters. The highest BCUT2D eigenvalue weighted by Gasteiger charge is 2.40. The molecule has 0 spiro atoms. The third-order valence-electron chi connectivity index (χ3n) is 4.69. The fourth-order valence-electron chi connectivity index (χ4n) is 3.32. The quantitative estimate of drug-likeness (QED) is 0.794. The summed E-state index contributed by atoms with van der Waals surface area (Å²) in [6.45, 7) is 3.70. The van der Waals surface area contributed by atoms with Gasteiger partial charge in [0.2, 0.25) is 11.8 Å². The van der Waals surface area contributed by atoms with E-state index in [-0.39, 0.29) is 29.5 Å². The lowest BCUT2D eigenvalue weighted by molar-refractivity contribution is -0.139. The lowest BCUT2D eigenvalue weighted by Gasteiger charge is -2.29.